The Kier molecular flexibility index (Phi) is 50.8. The number of aliphatic hydroxyl groups is 8. The molecule has 2 rings (SSSR count). The number of hydrogen-bond acceptors (Lipinski definition) is 13. The molecule has 0 spiro atoms. The summed E-state index contributed by atoms with van der Waals surface area (Å²) in [6.07, 6.45) is 55.8. The predicted octanol–water partition coefficient (Wildman–Crippen LogP) is 13.7. The van der Waals surface area contributed by atoms with Crippen molar-refractivity contribution in [3.63, 3.8) is 0 Å². The molecule has 12 unspecified atom stereocenters. The fraction of sp³-hybridized carbons (Fsp3) is 0.843. The number of hydrogen-bond donors (Lipinski definition) is 9. The molecule has 0 aromatic heterocycles. The Labute approximate surface area is 511 Å². The smallest absolute Gasteiger partial charge is 0.220 e. The maximum atomic E-state index is 13.3. The van der Waals surface area contributed by atoms with Gasteiger partial charge in [0.1, 0.15) is 48.8 Å². The normalized spacial score (nSPS) is 24.0. The number of carbonyl (C=O) groups excluding carboxylic acids is 1. The second-order valence-corrected chi connectivity index (χ2v) is 24.3. The van der Waals surface area contributed by atoms with E-state index in [-0.39, 0.29) is 18.9 Å². The Morgan fingerprint density at radius 2 is 0.798 bits per heavy atom. The molecule has 0 aliphatic carbocycles. The van der Waals surface area contributed by atoms with Crippen LogP contribution in [0.1, 0.15) is 284 Å². The van der Waals surface area contributed by atoms with Crippen LogP contribution in [0.3, 0.4) is 0 Å². The quantitative estimate of drug-likeness (QED) is 0.0204. The van der Waals surface area contributed by atoms with Crippen molar-refractivity contribution in [2.45, 2.75) is 357 Å². The van der Waals surface area contributed by atoms with Crippen LogP contribution in [0.15, 0.2) is 60.8 Å². The first-order valence-electron chi connectivity index (χ1n) is 34.5. The molecule has 490 valence electrons. The molecule has 14 nitrogen and oxygen atoms in total. The molecule has 12 atom stereocenters. The molecule has 0 saturated carbocycles. The minimum Gasteiger partial charge on any atom is -0.394 e. The lowest BCUT2D eigenvalue weighted by Crippen LogP contribution is -2.65. The first-order chi connectivity index (χ1) is 41.1. The molecular formula is C70H127NO13. The van der Waals surface area contributed by atoms with Crippen molar-refractivity contribution in [3.8, 4) is 0 Å². The van der Waals surface area contributed by atoms with E-state index in [9.17, 15) is 45.6 Å². The molecule has 0 aromatic carbocycles. The summed E-state index contributed by atoms with van der Waals surface area (Å²) < 4.78 is 22.8. The first-order valence-corrected chi connectivity index (χ1v) is 34.5. The highest BCUT2D eigenvalue weighted by molar-refractivity contribution is 5.76. The van der Waals surface area contributed by atoms with Crippen LogP contribution in [0.5, 0.6) is 0 Å². The van der Waals surface area contributed by atoms with E-state index in [0.29, 0.717) is 12.8 Å². The maximum Gasteiger partial charge on any atom is 0.220 e. The summed E-state index contributed by atoms with van der Waals surface area (Å²) >= 11 is 0. The van der Waals surface area contributed by atoms with Gasteiger partial charge in [0.25, 0.3) is 0 Å². The van der Waals surface area contributed by atoms with Crippen LogP contribution < -0.4 is 5.32 Å². The summed E-state index contributed by atoms with van der Waals surface area (Å²) in [5.74, 6) is -0.247. The fourth-order valence-electron chi connectivity index (χ4n) is 11.1. The van der Waals surface area contributed by atoms with Crippen molar-refractivity contribution in [2.24, 2.45) is 0 Å². The summed E-state index contributed by atoms with van der Waals surface area (Å²) in [5, 5.41) is 87.2. The van der Waals surface area contributed by atoms with E-state index in [1.807, 2.05) is 6.08 Å². The van der Waals surface area contributed by atoms with Gasteiger partial charge in [-0.15, -0.1) is 0 Å². The molecule has 2 aliphatic heterocycles. The number of aliphatic hydroxyl groups excluding tert-OH is 8. The van der Waals surface area contributed by atoms with E-state index in [0.717, 1.165) is 44.9 Å². The SMILES string of the molecule is CCCCCCC/C=C\C/C=C\C/C=C\CCCCCCCCCCCCCCCCCCCCCCC(=O)NC(COC1OC(CO)C(OC2OC(CO)C(O)C(O)C2O)C(O)C1O)C(O)/C=C/CC/C=C/CCCCCCCCCCC. The number of rotatable bonds is 56. The Hall–Kier alpha value is -2.31. The zero-order valence-corrected chi connectivity index (χ0v) is 53.1. The first kappa shape index (κ1) is 77.8. The van der Waals surface area contributed by atoms with Gasteiger partial charge in [-0.1, -0.05) is 267 Å². The molecular weight excluding hydrogens is 1060 g/mol. The monoisotopic (exact) mass is 1190 g/mol. The number of unbranched alkanes of at least 4 members (excludes halogenated alkanes) is 35. The summed E-state index contributed by atoms with van der Waals surface area (Å²) in [5.41, 5.74) is 0. The van der Waals surface area contributed by atoms with E-state index in [1.165, 1.54) is 205 Å². The van der Waals surface area contributed by atoms with Crippen LogP contribution in [-0.2, 0) is 23.7 Å². The van der Waals surface area contributed by atoms with E-state index < -0.39 is 86.8 Å². The topological polar surface area (TPSA) is 228 Å². The van der Waals surface area contributed by atoms with Crippen LogP contribution in [0.2, 0.25) is 0 Å². The van der Waals surface area contributed by atoms with Gasteiger partial charge in [-0.2, -0.15) is 0 Å². The highest BCUT2D eigenvalue weighted by Gasteiger charge is 2.51. The molecule has 9 N–H and O–H groups in total. The van der Waals surface area contributed by atoms with Crippen LogP contribution in [0.4, 0.5) is 0 Å². The molecule has 2 heterocycles. The van der Waals surface area contributed by atoms with Gasteiger partial charge in [-0.05, 0) is 70.6 Å². The minimum absolute atomic E-state index is 0.247. The Morgan fingerprint density at radius 3 is 1.25 bits per heavy atom. The number of amides is 1. The number of ether oxygens (including phenoxy) is 4. The number of nitrogens with one attached hydrogen (secondary N) is 1. The average molecular weight is 1190 g/mol. The molecule has 2 aliphatic rings. The van der Waals surface area contributed by atoms with Gasteiger partial charge in [-0.25, -0.2) is 0 Å². The van der Waals surface area contributed by atoms with Gasteiger partial charge in [-0.3, -0.25) is 4.79 Å². The van der Waals surface area contributed by atoms with E-state index >= 15 is 0 Å². The van der Waals surface area contributed by atoms with Crippen LogP contribution in [0, 0.1) is 0 Å². The highest BCUT2D eigenvalue weighted by Crippen LogP contribution is 2.30. The van der Waals surface area contributed by atoms with Crippen molar-refractivity contribution >= 4 is 5.91 Å². The molecule has 1 amide bonds. The molecule has 84 heavy (non-hydrogen) atoms. The van der Waals surface area contributed by atoms with E-state index in [2.05, 4.69) is 67.8 Å². The summed E-state index contributed by atoms with van der Waals surface area (Å²) in [6, 6.07) is -0.932. The Balaban J connectivity index is 1.62. The second-order valence-electron chi connectivity index (χ2n) is 24.3. The maximum absolute atomic E-state index is 13.3. The molecule has 2 saturated heterocycles. The Bertz CT molecular complexity index is 1640. The molecule has 0 aromatic rings. The van der Waals surface area contributed by atoms with Gasteiger partial charge in [0, 0.05) is 6.42 Å². The van der Waals surface area contributed by atoms with Gasteiger partial charge in [0.05, 0.1) is 32.0 Å². The van der Waals surface area contributed by atoms with Crippen molar-refractivity contribution in [2.75, 3.05) is 19.8 Å². The lowest BCUT2D eigenvalue weighted by Gasteiger charge is -2.46. The summed E-state index contributed by atoms with van der Waals surface area (Å²) in [6.45, 7) is 2.78. The summed E-state index contributed by atoms with van der Waals surface area (Å²) in [4.78, 5) is 13.3. The molecule has 0 radical (unpaired) electrons. The predicted molar refractivity (Wildman–Crippen MR) is 341 cm³/mol. The van der Waals surface area contributed by atoms with Crippen LogP contribution in [-0.4, -0.2) is 140 Å². The van der Waals surface area contributed by atoms with Gasteiger partial charge >= 0.3 is 0 Å². The highest BCUT2D eigenvalue weighted by atomic mass is 16.7. The van der Waals surface area contributed by atoms with Crippen molar-refractivity contribution < 1.29 is 64.6 Å². The van der Waals surface area contributed by atoms with Crippen LogP contribution in [0.25, 0.3) is 0 Å². The molecule has 0 bridgehead atoms. The third-order valence-electron chi connectivity index (χ3n) is 16.7. The van der Waals surface area contributed by atoms with Gasteiger partial charge < -0.3 is 65.1 Å². The van der Waals surface area contributed by atoms with Crippen LogP contribution >= 0.6 is 0 Å². The van der Waals surface area contributed by atoms with E-state index in [1.54, 1.807) is 6.08 Å². The van der Waals surface area contributed by atoms with Crippen molar-refractivity contribution in [1.82, 2.24) is 5.32 Å². The largest absolute Gasteiger partial charge is 0.394 e. The third kappa shape index (κ3) is 38.9. The average Bonchev–Trinajstić information content (AvgIpc) is 3.23. The second kappa shape index (κ2) is 54.8. The van der Waals surface area contributed by atoms with Gasteiger partial charge in [0.15, 0.2) is 12.6 Å². The number of carbonyl (C=O) groups is 1. The lowest BCUT2D eigenvalue weighted by molar-refractivity contribution is -0.359. The standard InChI is InChI=1S/C70H127NO13/c1-3-5-7-9-11-13-15-17-19-20-21-22-23-24-25-26-27-28-29-30-31-32-33-34-35-36-37-38-40-42-44-46-48-50-52-54-62(75)71-58(59(74)53-51-49-47-45-43-41-39-18-16-14-12-10-8-6-4-2)57-81-69-67(80)65(78)68(61(56-73)83-69)84-70-66(79)64(77)63(76)60(55-72)82-70/h15,17,20-21,23-24,43,45,51,53,58-61,63-70,72-74,76-80H,3-14,16,18-19,22,25-42,44,46-50,52,54-57H2,1-2H3,(H,71,75)/b17-15-,21-20-,24-23-,45-43+,53-51+. The van der Waals surface area contributed by atoms with Crippen molar-refractivity contribution in [3.05, 3.63) is 60.8 Å². The molecule has 2 fully saturated rings. The van der Waals surface area contributed by atoms with Gasteiger partial charge in [0.2, 0.25) is 5.91 Å². The van der Waals surface area contributed by atoms with Crippen molar-refractivity contribution in [1.29, 1.82) is 0 Å². The van der Waals surface area contributed by atoms with E-state index in [4.69, 9.17) is 18.9 Å². The minimum atomic E-state index is -1.79. The Morgan fingerprint density at radius 1 is 0.429 bits per heavy atom. The fourth-order valence-corrected chi connectivity index (χ4v) is 11.1. The zero-order valence-electron chi connectivity index (χ0n) is 53.1. The summed E-state index contributed by atoms with van der Waals surface area (Å²) in [7, 11) is 0. The zero-order chi connectivity index (χ0) is 60.9. The third-order valence-corrected chi connectivity index (χ3v) is 16.7. The number of allylic oxidation sites excluding steroid dienone is 9. The lowest BCUT2D eigenvalue weighted by atomic mass is 9.97. The molecule has 14 heteroatoms.